The second-order valence-electron chi connectivity index (χ2n) is 5.07. The molecular weight excluding hydrogens is 252 g/mol. The number of fused-ring (bicyclic) bond motifs is 1. The number of hydrogen-bond donors (Lipinski definition) is 1. The average Bonchev–Trinajstić information content (AvgIpc) is 2.91. The van der Waals surface area contributed by atoms with Crippen LogP contribution in [0.4, 0.5) is 0 Å². The zero-order chi connectivity index (χ0) is 13.9. The number of rotatable bonds is 3. The van der Waals surface area contributed by atoms with Gasteiger partial charge >= 0.3 is 0 Å². The summed E-state index contributed by atoms with van der Waals surface area (Å²) in [6.07, 6.45) is 2.98. The maximum atomic E-state index is 12.5. The summed E-state index contributed by atoms with van der Waals surface area (Å²) in [6.45, 7) is 2.07. The third-order valence-corrected chi connectivity index (χ3v) is 3.68. The average molecular weight is 270 g/mol. The number of benzene rings is 1. The van der Waals surface area contributed by atoms with E-state index in [4.69, 9.17) is 4.74 Å². The fourth-order valence-corrected chi connectivity index (χ4v) is 2.57. The first-order valence-electron chi connectivity index (χ1n) is 6.82. The Morgan fingerprint density at radius 3 is 2.95 bits per heavy atom. The van der Waals surface area contributed by atoms with Crippen LogP contribution in [0.3, 0.4) is 0 Å². The predicted octanol–water partition coefficient (Wildman–Crippen LogP) is 2.59. The number of hydrogen-bond acceptors (Lipinski definition) is 2. The molecule has 0 spiro atoms. The van der Waals surface area contributed by atoms with Crippen LogP contribution in [0.1, 0.15) is 16.9 Å². The third kappa shape index (κ3) is 2.47. The molecule has 1 aromatic carbocycles. The molecule has 1 N–H and O–H groups in total. The number of carbonyl (C=O) groups is 1. The fraction of sp³-hybridized carbons (Fsp3) is 0.312. The van der Waals surface area contributed by atoms with Gasteiger partial charge in [-0.3, -0.25) is 4.79 Å². The maximum absolute atomic E-state index is 12.5. The van der Waals surface area contributed by atoms with E-state index in [-0.39, 0.29) is 5.91 Å². The maximum Gasteiger partial charge on any atom is 0.270 e. The van der Waals surface area contributed by atoms with Crippen molar-refractivity contribution in [2.24, 2.45) is 0 Å². The Hall–Kier alpha value is -2.07. The number of amides is 1. The van der Waals surface area contributed by atoms with Crippen molar-refractivity contribution in [2.75, 3.05) is 26.8 Å². The van der Waals surface area contributed by atoms with Crippen molar-refractivity contribution >= 4 is 16.8 Å². The molecule has 1 aliphatic heterocycles. The normalized spacial score (nSPS) is 15.4. The second kappa shape index (κ2) is 5.51. The molecule has 4 heteroatoms. The lowest BCUT2D eigenvalue weighted by molar-refractivity contribution is 0.0760. The lowest BCUT2D eigenvalue weighted by Gasteiger charge is -2.25. The van der Waals surface area contributed by atoms with Gasteiger partial charge in [0.25, 0.3) is 5.91 Å². The van der Waals surface area contributed by atoms with Crippen LogP contribution in [-0.2, 0) is 4.74 Å². The molecule has 4 nitrogen and oxygen atoms in total. The van der Waals surface area contributed by atoms with Crippen LogP contribution >= 0.6 is 0 Å². The van der Waals surface area contributed by atoms with Gasteiger partial charge in [0.2, 0.25) is 0 Å². The molecule has 2 aromatic rings. The molecule has 0 bridgehead atoms. The molecule has 3 rings (SSSR count). The van der Waals surface area contributed by atoms with E-state index in [1.165, 1.54) is 5.57 Å². The summed E-state index contributed by atoms with van der Waals surface area (Å²) in [4.78, 5) is 17.5. The largest absolute Gasteiger partial charge is 0.380 e. The number of aromatic nitrogens is 1. The topological polar surface area (TPSA) is 45.3 Å². The van der Waals surface area contributed by atoms with E-state index in [9.17, 15) is 4.79 Å². The molecule has 0 saturated heterocycles. The minimum absolute atomic E-state index is 0.0638. The van der Waals surface area contributed by atoms with Crippen molar-refractivity contribution in [1.82, 2.24) is 9.88 Å². The molecule has 0 radical (unpaired) electrons. The van der Waals surface area contributed by atoms with Gasteiger partial charge in [-0.25, -0.2) is 0 Å². The first-order valence-corrected chi connectivity index (χ1v) is 6.82. The SMILES string of the molecule is COCC1=CCN(C(=O)c2cc3ccccc3[nH]2)CC1. The highest BCUT2D eigenvalue weighted by molar-refractivity contribution is 5.98. The zero-order valence-electron chi connectivity index (χ0n) is 11.6. The first kappa shape index (κ1) is 12.9. The lowest BCUT2D eigenvalue weighted by atomic mass is 10.1. The van der Waals surface area contributed by atoms with Gasteiger partial charge in [-0.2, -0.15) is 0 Å². The standard InChI is InChI=1S/C16H18N2O2/c1-20-11-12-6-8-18(9-7-12)16(19)15-10-13-4-2-3-5-14(13)17-15/h2-6,10,17H,7-9,11H2,1H3. The van der Waals surface area contributed by atoms with Gasteiger partial charge in [-0.15, -0.1) is 0 Å². The Kier molecular flexibility index (Phi) is 3.56. The van der Waals surface area contributed by atoms with Crippen LogP contribution in [0, 0.1) is 0 Å². The molecule has 0 aliphatic carbocycles. The van der Waals surface area contributed by atoms with Crippen molar-refractivity contribution in [3.63, 3.8) is 0 Å². The summed E-state index contributed by atoms with van der Waals surface area (Å²) in [5, 5.41) is 1.07. The van der Waals surface area contributed by atoms with Crippen molar-refractivity contribution in [2.45, 2.75) is 6.42 Å². The van der Waals surface area contributed by atoms with E-state index in [0.717, 1.165) is 23.9 Å². The van der Waals surface area contributed by atoms with Gasteiger partial charge in [0.05, 0.1) is 6.61 Å². The molecule has 1 aromatic heterocycles. The van der Waals surface area contributed by atoms with Crippen LogP contribution in [-0.4, -0.2) is 42.6 Å². The van der Waals surface area contributed by atoms with E-state index in [1.54, 1.807) is 7.11 Å². The number of H-pyrrole nitrogens is 1. The Bertz CT molecular complexity index is 624. The van der Waals surface area contributed by atoms with Gasteiger partial charge in [0.1, 0.15) is 5.69 Å². The van der Waals surface area contributed by atoms with E-state index in [0.29, 0.717) is 18.8 Å². The van der Waals surface area contributed by atoms with Crippen molar-refractivity contribution in [3.05, 3.63) is 47.7 Å². The van der Waals surface area contributed by atoms with E-state index in [2.05, 4.69) is 11.1 Å². The predicted molar refractivity (Wildman–Crippen MR) is 78.8 cm³/mol. The Morgan fingerprint density at radius 1 is 1.40 bits per heavy atom. The van der Waals surface area contributed by atoms with Crippen molar-refractivity contribution in [1.29, 1.82) is 0 Å². The number of ether oxygens (including phenoxy) is 1. The number of methoxy groups -OCH3 is 1. The molecule has 20 heavy (non-hydrogen) atoms. The molecule has 0 fully saturated rings. The monoisotopic (exact) mass is 270 g/mol. The summed E-state index contributed by atoms with van der Waals surface area (Å²) in [7, 11) is 1.70. The highest BCUT2D eigenvalue weighted by Crippen LogP contribution is 2.18. The molecule has 104 valence electrons. The molecule has 0 unspecified atom stereocenters. The summed E-state index contributed by atoms with van der Waals surface area (Å²) >= 11 is 0. The number of para-hydroxylation sites is 1. The zero-order valence-corrected chi connectivity index (χ0v) is 11.6. The number of aromatic amines is 1. The fourth-order valence-electron chi connectivity index (χ4n) is 2.57. The van der Waals surface area contributed by atoms with Crippen LogP contribution in [0.25, 0.3) is 10.9 Å². The molecular formula is C16H18N2O2. The molecule has 0 atom stereocenters. The Morgan fingerprint density at radius 2 is 2.25 bits per heavy atom. The quantitative estimate of drug-likeness (QED) is 0.871. The van der Waals surface area contributed by atoms with Crippen LogP contribution < -0.4 is 0 Å². The summed E-state index contributed by atoms with van der Waals surface area (Å²) in [5.41, 5.74) is 2.94. The molecule has 0 saturated carbocycles. The van der Waals surface area contributed by atoms with E-state index < -0.39 is 0 Å². The van der Waals surface area contributed by atoms with Gasteiger partial charge in [0, 0.05) is 31.1 Å². The summed E-state index contributed by atoms with van der Waals surface area (Å²) < 4.78 is 5.12. The van der Waals surface area contributed by atoms with Crippen molar-refractivity contribution in [3.8, 4) is 0 Å². The minimum Gasteiger partial charge on any atom is -0.380 e. The van der Waals surface area contributed by atoms with E-state index in [1.807, 2.05) is 35.2 Å². The van der Waals surface area contributed by atoms with Gasteiger partial charge in [-0.1, -0.05) is 24.3 Å². The van der Waals surface area contributed by atoms with Gasteiger partial charge in [-0.05, 0) is 24.1 Å². The first-order chi connectivity index (χ1) is 9.78. The Balaban J connectivity index is 1.76. The smallest absolute Gasteiger partial charge is 0.270 e. The third-order valence-electron chi connectivity index (χ3n) is 3.68. The van der Waals surface area contributed by atoms with Crippen molar-refractivity contribution < 1.29 is 9.53 Å². The lowest BCUT2D eigenvalue weighted by Crippen LogP contribution is -2.35. The van der Waals surface area contributed by atoms with Crippen LogP contribution in [0.2, 0.25) is 0 Å². The van der Waals surface area contributed by atoms with Gasteiger partial charge < -0.3 is 14.6 Å². The number of nitrogens with one attached hydrogen (secondary N) is 1. The number of nitrogens with zero attached hydrogens (tertiary/aromatic N) is 1. The second-order valence-corrected chi connectivity index (χ2v) is 5.07. The minimum atomic E-state index is 0.0638. The highest BCUT2D eigenvalue weighted by Gasteiger charge is 2.20. The van der Waals surface area contributed by atoms with Crippen LogP contribution in [0.5, 0.6) is 0 Å². The number of carbonyl (C=O) groups excluding carboxylic acids is 1. The molecule has 2 heterocycles. The molecule has 1 aliphatic rings. The summed E-state index contributed by atoms with van der Waals surface area (Å²) in [6, 6.07) is 9.86. The Labute approximate surface area is 118 Å². The van der Waals surface area contributed by atoms with E-state index >= 15 is 0 Å². The van der Waals surface area contributed by atoms with Gasteiger partial charge in [0.15, 0.2) is 0 Å². The molecule has 1 amide bonds. The van der Waals surface area contributed by atoms with Crippen LogP contribution in [0.15, 0.2) is 42.0 Å². The highest BCUT2D eigenvalue weighted by atomic mass is 16.5. The summed E-state index contributed by atoms with van der Waals surface area (Å²) in [5.74, 6) is 0.0638.